The Morgan fingerprint density at radius 1 is 1.26 bits per heavy atom. The molecule has 0 unspecified atom stereocenters. The molecule has 0 saturated carbocycles. The molecule has 2 aromatic carbocycles. The van der Waals surface area contributed by atoms with Crippen LogP contribution in [0, 0.1) is 5.92 Å². The zero-order chi connectivity index (χ0) is 22.0. The van der Waals surface area contributed by atoms with E-state index >= 15 is 0 Å². The fourth-order valence-corrected chi connectivity index (χ4v) is 5.20. The van der Waals surface area contributed by atoms with E-state index in [1.165, 1.54) is 22.5 Å². The van der Waals surface area contributed by atoms with Gasteiger partial charge in [0, 0.05) is 24.8 Å². The Kier molecular flexibility index (Phi) is 5.84. The lowest BCUT2D eigenvalue weighted by atomic mass is 9.99. The van der Waals surface area contributed by atoms with E-state index < -0.39 is 21.7 Å². The Morgan fingerprint density at radius 3 is 2.77 bits per heavy atom. The number of fused-ring (bicyclic) bond motifs is 1. The van der Waals surface area contributed by atoms with Crippen LogP contribution in [-0.4, -0.2) is 43.3 Å². The molecule has 10 heteroatoms. The molecule has 1 amide bonds. The molecule has 1 aliphatic rings. The molecular formula is C21H23N3O6S. The number of nitrogens with zero attached hydrogens (tertiary/aromatic N) is 1. The molecule has 2 N–H and O–H groups in total. The van der Waals surface area contributed by atoms with E-state index in [-0.39, 0.29) is 22.9 Å². The second kappa shape index (κ2) is 8.56. The first-order valence-electron chi connectivity index (χ1n) is 10.0. The molecule has 164 valence electrons. The summed E-state index contributed by atoms with van der Waals surface area (Å²) in [4.78, 5) is 26.6. The van der Waals surface area contributed by atoms with Crippen molar-refractivity contribution in [3.63, 3.8) is 0 Å². The van der Waals surface area contributed by atoms with Crippen LogP contribution in [0.4, 0.5) is 5.69 Å². The van der Waals surface area contributed by atoms with E-state index in [0.717, 1.165) is 0 Å². The Bertz CT molecular complexity index is 1250. The van der Waals surface area contributed by atoms with Gasteiger partial charge in [0.1, 0.15) is 5.75 Å². The van der Waals surface area contributed by atoms with Crippen LogP contribution in [0.25, 0.3) is 11.1 Å². The minimum Gasteiger partial charge on any atom is -0.494 e. The predicted octanol–water partition coefficient (Wildman–Crippen LogP) is 2.56. The fourth-order valence-electron chi connectivity index (χ4n) is 3.66. The molecule has 3 aromatic rings. The molecule has 1 atom stereocenters. The first kappa shape index (κ1) is 21.1. The number of hydrogen-bond acceptors (Lipinski definition) is 6. The number of rotatable bonds is 6. The van der Waals surface area contributed by atoms with Crippen molar-refractivity contribution in [3.8, 4) is 5.75 Å². The van der Waals surface area contributed by atoms with Crippen molar-refractivity contribution in [3.05, 3.63) is 53.0 Å². The summed E-state index contributed by atoms with van der Waals surface area (Å²) >= 11 is 0. The van der Waals surface area contributed by atoms with Crippen LogP contribution in [-0.2, 0) is 14.8 Å². The van der Waals surface area contributed by atoms with E-state index in [2.05, 4.69) is 10.3 Å². The molecule has 1 aromatic heterocycles. The van der Waals surface area contributed by atoms with Crippen molar-refractivity contribution >= 4 is 32.7 Å². The van der Waals surface area contributed by atoms with E-state index in [1.54, 1.807) is 24.3 Å². The standard InChI is InChI=1S/C21H23N3O6S/c1-2-29-16-7-5-15(6-8-16)22-20(25)14-4-3-11-24(13-14)31(27,28)17-9-10-18-19(12-17)30-21(26)23-18/h5-10,12,14H,2-4,11,13H2,1H3,(H,22,25)(H,23,26)/t14-/m0/s1. The highest BCUT2D eigenvalue weighted by Gasteiger charge is 2.33. The SMILES string of the molecule is CCOc1ccc(NC(=O)[C@H]2CCCN(S(=O)(=O)c3ccc4[nH]c(=O)oc4c3)C2)cc1. The highest BCUT2D eigenvalue weighted by atomic mass is 32.2. The van der Waals surface area contributed by atoms with Crippen LogP contribution >= 0.6 is 0 Å². The molecular weight excluding hydrogens is 422 g/mol. The van der Waals surface area contributed by atoms with Gasteiger partial charge in [0.05, 0.1) is 22.9 Å². The fraction of sp³-hybridized carbons (Fsp3) is 0.333. The number of nitrogens with one attached hydrogen (secondary N) is 2. The van der Waals surface area contributed by atoms with Gasteiger partial charge in [-0.2, -0.15) is 4.31 Å². The lowest BCUT2D eigenvalue weighted by Crippen LogP contribution is -2.43. The number of aromatic nitrogens is 1. The highest BCUT2D eigenvalue weighted by molar-refractivity contribution is 7.89. The third kappa shape index (κ3) is 4.49. The van der Waals surface area contributed by atoms with Crippen LogP contribution < -0.4 is 15.8 Å². The molecule has 0 radical (unpaired) electrons. The number of benzene rings is 2. The number of aromatic amines is 1. The molecule has 1 aliphatic heterocycles. The van der Waals surface area contributed by atoms with Crippen LogP contribution in [0.3, 0.4) is 0 Å². The quantitative estimate of drug-likeness (QED) is 0.601. The number of carbonyl (C=O) groups excluding carboxylic acids is 1. The molecule has 1 fully saturated rings. The Morgan fingerprint density at radius 2 is 2.03 bits per heavy atom. The zero-order valence-corrected chi connectivity index (χ0v) is 17.8. The molecule has 1 saturated heterocycles. The van der Waals surface area contributed by atoms with Gasteiger partial charge in [-0.1, -0.05) is 0 Å². The average molecular weight is 445 g/mol. The Balaban J connectivity index is 1.47. The van der Waals surface area contributed by atoms with Crippen molar-refractivity contribution in [2.24, 2.45) is 5.92 Å². The largest absolute Gasteiger partial charge is 0.494 e. The molecule has 4 rings (SSSR count). The molecule has 9 nitrogen and oxygen atoms in total. The first-order valence-corrected chi connectivity index (χ1v) is 11.5. The van der Waals surface area contributed by atoms with Gasteiger partial charge in [-0.3, -0.25) is 9.78 Å². The lowest BCUT2D eigenvalue weighted by molar-refractivity contribution is -0.120. The molecule has 2 heterocycles. The third-order valence-corrected chi connectivity index (χ3v) is 7.08. The number of ether oxygens (including phenoxy) is 1. The maximum Gasteiger partial charge on any atom is 0.417 e. The first-order chi connectivity index (χ1) is 14.9. The number of anilines is 1. The Hall–Kier alpha value is -3.11. The van der Waals surface area contributed by atoms with E-state index in [1.807, 2.05) is 6.92 Å². The smallest absolute Gasteiger partial charge is 0.417 e. The van der Waals surface area contributed by atoms with Gasteiger partial charge in [0.2, 0.25) is 15.9 Å². The summed E-state index contributed by atoms with van der Waals surface area (Å²) in [6.07, 6.45) is 1.17. The van der Waals surface area contributed by atoms with Crippen molar-refractivity contribution in [2.45, 2.75) is 24.7 Å². The minimum atomic E-state index is -3.83. The van der Waals surface area contributed by atoms with Crippen LogP contribution in [0.1, 0.15) is 19.8 Å². The summed E-state index contributed by atoms with van der Waals surface area (Å²) in [5.74, 6) is -0.626. The van der Waals surface area contributed by atoms with Crippen molar-refractivity contribution in [1.82, 2.24) is 9.29 Å². The minimum absolute atomic E-state index is 0.0234. The van der Waals surface area contributed by atoms with Crippen LogP contribution in [0.15, 0.2) is 56.6 Å². The second-order valence-electron chi connectivity index (χ2n) is 7.32. The summed E-state index contributed by atoms with van der Waals surface area (Å²) in [6.45, 7) is 2.86. The number of sulfonamides is 1. The monoisotopic (exact) mass is 445 g/mol. The zero-order valence-electron chi connectivity index (χ0n) is 17.0. The second-order valence-corrected chi connectivity index (χ2v) is 9.26. The third-order valence-electron chi connectivity index (χ3n) is 5.22. The lowest BCUT2D eigenvalue weighted by Gasteiger charge is -2.31. The highest BCUT2D eigenvalue weighted by Crippen LogP contribution is 2.26. The molecule has 0 spiro atoms. The maximum absolute atomic E-state index is 13.1. The normalized spacial score (nSPS) is 17.5. The predicted molar refractivity (Wildman–Crippen MR) is 115 cm³/mol. The summed E-state index contributed by atoms with van der Waals surface area (Å²) < 4.78 is 37.9. The number of amides is 1. The van der Waals surface area contributed by atoms with Gasteiger partial charge in [-0.25, -0.2) is 13.2 Å². The van der Waals surface area contributed by atoms with Gasteiger partial charge in [0.15, 0.2) is 5.58 Å². The number of carbonyl (C=O) groups is 1. The van der Waals surface area contributed by atoms with Crippen LogP contribution in [0.5, 0.6) is 5.75 Å². The number of hydrogen-bond donors (Lipinski definition) is 2. The van der Waals surface area contributed by atoms with Gasteiger partial charge in [0.25, 0.3) is 0 Å². The average Bonchev–Trinajstić information content (AvgIpc) is 3.14. The molecule has 0 bridgehead atoms. The van der Waals surface area contributed by atoms with Crippen molar-refractivity contribution < 1.29 is 22.4 Å². The van der Waals surface area contributed by atoms with Gasteiger partial charge in [-0.15, -0.1) is 0 Å². The topological polar surface area (TPSA) is 122 Å². The summed E-state index contributed by atoms with van der Waals surface area (Å²) in [7, 11) is -3.83. The van der Waals surface area contributed by atoms with Crippen LogP contribution in [0.2, 0.25) is 0 Å². The number of piperidine rings is 1. The van der Waals surface area contributed by atoms with Gasteiger partial charge >= 0.3 is 5.76 Å². The molecule has 0 aliphatic carbocycles. The summed E-state index contributed by atoms with van der Waals surface area (Å²) in [5, 5.41) is 2.85. The van der Waals surface area contributed by atoms with Gasteiger partial charge in [-0.05, 0) is 56.2 Å². The maximum atomic E-state index is 13.1. The summed E-state index contributed by atoms with van der Waals surface area (Å²) in [6, 6.07) is 11.3. The molecule has 31 heavy (non-hydrogen) atoms. The van der Waals surface area contributed by atoms with E-state index in [0.29, 0.717) is 42.9 Å². The van der Waals surface area contributed by atoms with Crippen molar-refractivity contribution in [1.29, 1.82) is 0 Å². The van der Waals surface area contributed by atoms with Gasteiger partial charge < -0.3 is 14.5 Å². The number of H-pyrrole nitrogens is 1. The Labute approximate surface area is 179 Å². The number of oxazole rings is 1. The summed E-state index contributed by atoms with van der Waals surface area (Å²) in [5.41, 5.74) is 1.23. The van der Waals surface area contributed by atoms with E-state index in [4.69, 9.17) is 9.15 Å². The van der Waals surface area contributed by atoms with Crippen molar-refractivity contribution in [2.75, 3.05) is 25.0 Å². The van der Waals surface area contributed by atoms with E-state index in [9.17, 15) is 18.0 Å².